The first-order valence-electron chi connectivity index (χ1n) is 7.52. The monoisotopic (exact) mass is 293 g/mol. The van der Waals surface area contributed by atoms with Gasteiger partial charge >= 0.3 is 0 Å². The third-order valence-electron chi connectivity index (χ3n) is 4.10. The highest BCUT2D eigenvalue weighted by Gasteiger charge is 2.29. The third-order valence-corrected chi connectivity index (χ3v) is 4.10. The summed E-state index contributed by atoms with van der Waals surface area (Å²) in [5, 5.41) is 0. The predicted octanol–water partition coefficient (Wildman–Crippen LogP) is 0.709. The summed E-state index contributed by atoms with van der Waals surface area (Å²) in [5.74, 6) is 0.0701. The van der Waals surface area contributed by atoms with E-state index >= 15 is 0 Å². The van der Waals surface area contributed by atoms with Gasteiger partial charge in [-0.25, -0.2) is 0 Å². The Bertz CT molecular complexity index is 552. The normalized spacial score (nSPS) is 25.9. The van der Waals surface area contributed by atoms with Gasteiger partial charge in [-0.1, -0.05) is 0 Å². The minimum atomic E-state index is 0.00117. The number of rotatable bonds is 4. The number of H-pyrrole nitrogens is 1. The molecule has 1 unspecified atom stereocenters. The number of nitrogens with one attached hydrogen (secondary N) is 2. The Morgan fingerprint density at radius 1 is 1.24 bits per heavy atom. The Morgan fingerprint density at radius 2 is 1.81 bits per heavy atom. The zero-order valence-electron chi connectivity index (χ0n) is 13.5. The van der Waals surface area contributed by atoms with Gasteiger partial charge in [0.15, 0.2) is 5.78 Å². The molecule has 5 heteroatoms. The highest BCUT2D eigenvalue weighted by molar-refractivity contribution is 6.03. The molecule has 1 aliphatic heterocycles. The van der Waals surface area contributed by atoms with Gasteiger partial charge in [-0.3, -0.25) is 9.59 Å². The average Bonchev–Trinajstić information content (AvgIpc) is 2.63. The number of aromatic nitrogens is 1. The van der Waals surface area contributed by atoms with Gasteiger partial charge in [-0.05, 0) is 40.2 Å². The molecule has 0 saturated carbocycles. The van der Waals surface area contributed by atoms with Crippen molar-refractivity contribution in [2.45, 2.75) is 46.8 Å². The van der Waals surface area contributed by atoms with E-state index < -0.39 is 0 Å². The smallest absolute Gasteiger partial charge is 0.233 e. The molecular formula is C16H25N2O3+. The summed E-state index contributed by atoms with van der Waals surface area (Å²) in [4.78, 5) is 28.5. The van der Waals surface area contributed by atoms with Gasteiger partial charge in [0.25, 0.3) is 0 Å². The van der Waals surface area contributed by atoms with E-state index in [-0.39, 0.29) is 23.8 Å². The summed E-state index contributed by atoms with van der Waals surface area (Å²) in [6, 6.07) is 0. The van der Waals surface area contributed by atoms with Crippen molar-refractivity contribution in [3.05, 3.63) is 22.5 Å². The van der Waals surface area contributed by atoms with Crippen molar-refractivity contribution in [3.63, 3.8) is 0 Å². The maximum Gasteiger partial charge on any atom is 0.233 e. The molecule has 2 N–H and O–H groups in total. The minimum absolute atomic E-state index is 0.00117. The lowest BCUT2D eigenvalue weighted by molar-refractivity contribution is -0.906. The molecule has 0 bridgehead atoms. The lowest BCUT2D eigenvalue weighted by Gasteiger charge is -2.31. The second-order valence-electron chi connectivity index (χ2n) is 6.20. The van der Waals surface area contributed by atoms with Gasteiger partial charge in [-0.15, -0.1) is 0 Å². The van der Waals surface area contributed by atoms with E-state index in [0.29, 0.717) is 17.8 Å². The number of carbonyl (C=O) groups is 2. The molecule has 116 valence electrons. The molecule has 0 aliphatic carbocycles. The van der Waals surface area contributed by atoms with E-state index in [9.17, 15) is 9.59 Å². The summed E-state index contributed by atoms with van der Waals surface area (Å²) in [7, 11) is 0. The Labute approximate surface area is 125 Å². The summed E-state index contributed by atoms with van der Waals surface area (Å²) >= 11 is 0. The van der Waals surface area contributed by atoms with E-state index in [2.05, 4.69) is 4.98 Å². The van der Waals surface area contributed by atoms with Gasteiger partial charge in [-0.2, -0.15) is 0 Å². The predicted molar refractivity (Wildman–Crippen MR) is 80.2 cm³/mol. The first kappa shape index (κ1) is 15.9. The highest BCUT2D eigenvalue weighted by atomic mass is 16.5. The van der Waals surface area contributed by atoms with E-state index in [1.54, 1.807) is 0 Å². The quantitative estimate of drug-likeness (QED) is 0.804. The molecular weight excluding hydrogens is 268 g/mol. The number of aromatic amines is 1. The molecule has 1 saturated heterocycles. The molecule has 0 aromatic carbocycles. The first-order valence-corrected chi connectivity index (χ1v) is 7.52. The standard InChI is InChI=1S/C16H24N2O3/c1-9-6-18(7-10(2)21-9)8-14(20)16-11(3)15(13(5)19)12(4)17-16/h9-10,17H,6-8H2,1-5H3/p+1/t9-,10+. The van der Waals surface area contributed by atoms with Crippen LogP contribution in [0.5, 0.6) is 0 Å². The Balaban J connectivity index is 2.14. The van der Waals surface area contributed by atoms with Crippen LogP contribution in [0.3, 0.4) is 0 Å². The van der Waals surface area contributed by atoms with E-state index in [0.717, 1.165) is 24.3 Å². The second kappa shape index (κ2) is 6.12. The zero-order chi connectivity index (χ0) is 15.7. The molecule has 0 radical (unpaired) electrons. The molecule has 3 atom stereocenters. The Kier molecular flexibility index (Phi) is 4.64. The fourth-order valence-corrected chi connectivity index (χ4v) is 3.41. The fourth-order valence-electron chi connectivity index (χ4n) is 3.41. The number of ketones is 2. The lowest BCUT2D eigenvalue weighted by atomic mass is 10.0. The molecule has 1 aliphatic rings. The Morgan fingerprint density at radius 3 is 2.29 bits per heavy atom. The van der Waals surface area contributed by atoms with Crippen molar-refractivity contribution in [1.29, 1.82) is 0 Å². The summed E-state index contributed by atoms with van der Waals surface area (Å²) in [6.45, 7) is 11.4. The zero-order valence-corrected chi connectivity index (χ0v) is 13.5. The van der Waals surface area contributed by atoms with E-state index in [4.69, 9.17) is 4.74 Å². The van der Waals surface area contributed by atoms with Gasteiger partial charge in [0.1, 0.15) is 31.8 Å². The van der Waals surface area contributed by atoms with Crippen LogP contribution < -0.4 is 4.90 Å². The van der Waals surface area contributed by atoms with Gasteiger partial charge < -0.3 is 14.6 Å². The molecule has 0 spiro atoms. The maximum atomic E-state index is 12.5. The van der Waals surface area contributed by atoms with Crippen molar-refractivity contribution < 1.29 is 19.2 Å². The summed E-state index contributed by atoms with van der Waals surface area (Å²) in [6.07, 6.45) is 0.353. The van der Waals surface area contributed by atoms with Gasteiger partial charge in [0.2, 0.25) is 5.78 Å². The maximum absolute atomic E-state index is 12.5. The van der Waals surface area contributed by atoms with Crippen LogP contribution in [0.25, 0.3) is 0 Å². The van der Waals surface area contributed by atoms with Crippen LogP contribution in [0.15, 0.2) is 0 Å². The molecule has 0 amide bonds. The minimum Gasteiger partial charge on any atom is -0.364 e. The van der Waals surface area contributed by atoms with Gasteiger partial charge in [0.05, 0.1) is 5.69 Å². The number of hydrogen-bond donors (Lipinski definition) is 2. The number of hydrogen-bond acceptors (Lipinski definition) is 3. The highest BCUT2D eigenvalue weighted by Crippen LogP contribution is 2.18. The van der Waals surface area contributed by atoms with Gasteiger partial charge in [0, 0.05) is 11.3 Å². The number of carbonyl (C=O) groups excluding carboxylic acids is 2. The van der Waals surface area contributed by atoms with Crippen LogP contribution in [0, 0.1) is 13.8 Å². The number of quaternary nitrogens is 1. The van der Waals surface area contributed by atoms with E-state index in [1.807, 2.05) is 27.7 Å². The van der Waals surface area contributed by atoms with E-state index in [1.165, 1.54) is 11.8 Å². The SMILES string of the molecule is CC(=O)c1c(C)[nH]c(C(=O)C[NH+]2C[C@@H](C)O[C@@H](C)C2)c1C. The fraction of sp³-hybridized carbons (Fsp3) is 0.625. The Hall–Kier alpha value is -1.46. The molecule has 2 rings (SSSR count). The van der Waals surface area contributed by atoms with Crippen molar-refractivity contribution in [2.24, 2.45) is 0 Å². The molecule has 5 nitrogen and oxygen atoms in total. The van der Waals surface area contributed by atoms with Crippen LogP contribution >= 0.6 is 0 Å². The number of ether oxygens (including phenoxy) is 1. The second-order valence-corrected chi connectivity index (χ2v) is 6.20. The largest absolute Gasteiger partial charge is 0.364 e. The number of Topliss-reactive ketones (excluding diaryl/α,β-unsaturated/α-hetero) is 2. The molecule has 2 heterocycles. The van der Waals surface area contributed by atoms with Crippen LogP contribution in [0.2, 0.25) is 0 Å². The van der Waals surface area contributed by atoms with Crippen LogP contribution in [0.4, 0.5) is 0 Å². The van der Waals surface area contributed by atoms with Crippen LogP contribution in [-0.2, 0) is 4.74 Å². The summed E-state index contributed by atoms with van der Waals surface area (Å²) < 4.78 is 5.70. The molecule has 1 fully saturated rings. The van der Waals surface area contributed by atoms with Crippen molar-refractivity contribution in [1.82, 2.24) is 4.98 Å². The molecule has 21 heavy (non-hydrogen) atoms. The van der Waals surface area contributed by atoms with Crippen LogP contribution in [0.1, 0.15) is 52.9 Å². The number of morpholine rings is 1. The molecule has 1 aromatic heterocycles. The number of aryl methyl sites for hydroxylation is 1. The van der Waals surface area contributed by atoms with Crippen molar-refractivity contribution >= 4 is 11.6 Å². The average molecular weight is 293 g/mol. The van der Waals surface area contributed by atoms with Crippen LogP contribution in [-0.4, -0.2) is 48.4 Å². The lowest BCUT2D eigenvalue weighted by Crippen LogP contribution is -3.16. The summed E-state index contributed by atoms with van der Waals surface area (Å²) in [5.41, 5.74) is 2.79. The first-order chi connectivity index (χ1) is 9.79. The third kappa shape index (κ3) is 3.41. The van der Waals surface area contributed by atoms with Crippen molar-refractivity contribution in [2.75, 3.05) is 19.6 Å². The molecule has 1 aromatic rings. The topological polar surface area (TPSA) is 63.6 Å². The van der Waals surface area contributed by atoms with Crippen molar-refractivity contribution in [3.8, 4) is 0 Å².